The fourth-order valence-electron chi connectivity index (χ4n) is 4.31. The molecule has 2 aromatic carbocycles. The summed E-state index contributed by atoms with van der Waals surface area (Å²) in [5.41, 5.74) is 7.84. The number of hydrogen-bond donors (Lipinski definition) is 0. The average molecular weight is 559 g/mol. The van der Waals surface area contributed by atoms with E-state index in [1.165, 1.54) is 16.7 Å². The summed E-state index contributed by atoms with van der Waals surface area (Å²) in [4.78, 5) is 4.14. The number of rotatable bonds is 12. The number of hydrogen-bond acceptors (Lipinski definition) is 1. The highest BCUT2D eigenvalue weighted by Crippen LogP contribution is 2.38. The molecule has 0 fully saturated rings. The molecule has 1 nitrogen and oxygen atoms in total. The summed E-state index contributed by atoms with van der Waals surface area (Å²) in [6, 6.07) is 12.4. The monoisotopic (exact) mass is 557 g/mol. The van der Waals surface area contributed by atoms with Crippen molar-refractivity contribution in [2.75, 3.05) is 0 Å². The molecule has 0 saturated heterocycles. The third kappa shape index (κ3) is 11.3. The van der Waals surface area contributed by atoms with Gasteiger partial charge in [0.05, 0.1) is 5.02 Å². The number of aryl methyl sites for hydroxylation is 2. The van der Waals surface area contributed by atoms with E-state index in [0.717, 1.165) is 67.4 Å². The summed E-state index contributed by atoms with van der Waals surface area (Å²) in [6.45, 7) is 18.4. The molecule has 0 aromatic heterocycles. The minimum absolute atomic E-state index is 0.217. The first kappa shape index (κ1) is 33.9. The number of benzene rings is 2. The maximum Gasteiger partial charge on any atom is 0.149 e. The predicted octanol–water partition coefficient (Wildman–Crippen LogP) is 12.0. The van der Waals surface area contributed by atoms with Gasteiger partial charge in [0.15, 0.2) is 0 Å². The molecule has 0 amide bonds. The van der Waals surface area contributed by atoms with Crippen molar-refractivity contribution < 1.29 is 4.39 Å². The van der Waals surface area contributed by atoms with Crippen molar-refractivity contribution >= 4 is 34.5 Å². The van der Waals surface area contributed by atoms with Gasteiger partial charge in [0.25, 0.3) is 0 Å². The largest absolute Gasteiger partial charge is 0.266 e. The molecule has 38 heavy (non-hydrogen) atoms. The maximum absolute atomic E-state index is 15.2. The Morgan fingerprint density at radius 3 is 2.21 bits per heavy atom. The van der Waals surface area contributed by atoms with Crippen LogP contribution in [0.15, 0.2) is 70.9 Å². The van der Waals surface area contributed by atoms with E-state index in [0.29, 0.717) is 5.03 Å². The highest BCUT2D eigenvalue weighted by atomic mass is 35.5. The molecule has 0 bridgehead atoms. The molecule has 0 aliphatic heterocycles. The molecule has 0 aliphatic carbocycles. The van der Waals surface area contributed by atoms with Crippen LogP contribution < -0.4 is 0 Å². The zero-order valence-corrected chi connectivity index (χ0v) is 25.9. The van der Waals surface area contributed by atoms with Crippen LogP contribution in [0.4, 0.5) is 4.39 Å². The Morgan fingerprint density at radius 1 is 1.00 bits per heavy atom. The summed E-state index contributed by atoms with van der Waals surface area (Å²) in [6.07, 6.45) is 10.4. The molecular weight excluding hydrogens is 512 g/mol. The van der Waals surface area contributed by atoms with Gasteiger partial charge in [-0.1, -0.05) is 118 Å². The molecule has 0 heterocycles. The molecule has 0 N–H and O–H groups in total. The molecule has 0 aliphatic rings. The first-order valence-electron chi connectivity index (χ1n) is 13.8. The van der Waals surface area contributed by atoms with Gasteiger partial charge in [-0.05, 0) is 75.3 Å². The minimum atomic E-state index is -0.260. The van der Waals surface area contributed by atoms with Crippen LogP contribution in [0.3, 0.4) is 0 Å². The van der Waals surface area contributed by atoms with Gasteiger partial charge in [-0.2, -0.15) is 0 Å². The summed E-state index contributed by atoms with van der Waals surface area (Å²) >= 11 is 11.7. The van der Waals surface area contributed by atoms with Crippen molar-refractivity contribution in [2.24, 2.45) is 4.99 Å². The molecule has 0 saturated carbocycles. The van der Waals surface area contributed by atoms with Crippen LogP contribution in [-0.4, -0.2) is 5.71 Å². The van der Waals surface area contributed by atoms with Crippen LogP contribution in [0.2, 0.25) is 5.02 Å². The van der Waals surface area contributed by atoms with Crippen LogP contribution in [0, 0.1) is 12.7 Å². The summed E-state index contributed by atoms with van der Waals surface area (Å²) in [7, 11) is 0. The summed E-state index contributed by atoms with van der Waals surface area (Å²) in [5.74, 6) is -0.0190. The van der Waals surface area contributed by atoms with Gasteiger partial charge < -0.3 is 0 Å². The lowest BCUT2D eigenvalue weighted by Gasteiger charge is -2.22. The first-order valence-corrected chi connectivity index (χ1v) is 14.6. The average Bonchev–Trinajstić information content (AvgIpc) is 2.88. The van der Waals surface area contributed by atoms with Crippen molar-refractivity contribution in [2.45, 2.75) is 99.3 Å². The van der Waals surface area contributed by atoms with Crippen molar-refractivity contribution in [3.63, 3.8) is 0 Å². The minimum Gasteiger partial charge on any atom is -0.266 e. The van der Waals surface area contributed by atoms with Gasteiger partial charge in [-0.3, -0.25) is 4.99 Å². The number of allylic oxidation sites excluding steroid dienone is 4. The quantitative estimate of drug-likeness (QED) is 0.181. The Balaban J connectivity index is 0.000000554. The fraction of sp³-hybridized carbons (Fsp3) is 0.441. The topological polar surface area (TPSA) is 12.4 Å². The van der Waals surface area contributed by atoms with Crippen molar-refractivity contribution in [3.8, 4) is 0 Å². The molecule has 1 atom stereocenters. The van der Waals surface area contributed by atoms with E-state index in [4.69, 9.17) is 23.2 Å². The number of unbranched alkanes of at least 4 members (excludes halogenated alkanes) is 1. The van der Waals surface area contributed by atoms with Crippen LogP contribution >= 0.6 is 23.2 Å². The molecule has 2 aromatic rings. The van der Waals surface area contributed by atoms with E-state index in [1.54, 1.807) is 18.3 Å². The second-order valence-electron chi connectivity index (χ2n) is 9.92. The smallest absolute Gasteiger partial charge is 0.149 e. The Kier molecular flexibility index (Phi) is 16.2. The normalized spacial score (nSPS) is 13.2. The predicted molar refractivity (Wildman–Crippen MR) is 169 cm³/mol. The zero-order valence-electron chi connectivity index (χ0n) is 24.4. The Morgan fingerprint density at radius 2 is 1.66 bits per heavy atom. The third-order valence-corrected chi connectivity index (χ3v) is 7.07. The number of halogens is 3. The van der Waals surface area contributed by atoms with Gasteiger partial charge in [-0.25, -0.2) is 4.39 Å². The van der Waals surface area contributed by atoms with Crippen LogP contribution in [0.1, 0.15) is 108 Å². The Hall–Kier alpha value is -2.16. The molecule has 1 unspecified atom stereocenters. The zero-order chi connectivity index (χ0) is 28.7. The molecule has 208 valence electrons. The van der Waals surface area contributed by atoms with Gasteiger partial charge in [0, 0.05) is 28.4 Å². The maximum atomic E-state index is 15.2. The SMILES string of the molecule is C=C(Cl)/C=C\N=C(C)CCC.CCCC/C(=C(/C)C(C)c1ccc(C)cc1)c1c(CCC)ccc(Cl)c1F. The summed E-state index contributed by atoms with van der Waals surface area (Å²) < 4.78 is 15.2. The van der Waals surface area contributed by atoms with E-state index in [2.05, 4.69) is 77.4 Å². The highest BCUT2D eigenvalue weighted by molar-refractivity contribution is 6.31. The van der Waals surface area contributed by atoms with E-state index in [-0.39, 0.29) is 16.8 Å². The molecule has 2 rings (SSSR count). The first-order chi connectivity index (χ1) is 18.1. The lowest BCUT2D eigenvalue weighted by atomic mass is 9.83. The second kappa shape index (κ2) is 18.2. The van der Waals surface area contributed by atoms with E-state index in [1.807, 2.05) is 13.0 Å². The fourth-order valence-corrected chi connectivity index (χ4v) is 4.52. The van der Waals surface area contributed by atoms with Gasteiger partial charge in [0.2, 0.25) is 0 Å². The third-order valence-electron chi connectivity index (χ3n) is 6.65. The molecule has 0 spiro atoms. The second-order valence-corrected chi connectivity index (χ2v) is 10.8. The van der Waals surface area contributed by atoms with Crippen LogP contribution in [-0.2, 0) is 6.42 Å². The molecule has 0 radical (unpaired) electrons. The summed E-state index contributed by atoms with van der Waals surface area (Å²) in [5, 5.41) is 0.729. The lowest BCUT2D eigenvalue weighted by Crippen LogP contribution is -2.05. The van der Waals surface area contributed by atoms with Gasteiger partial charge in [-0.15, -0.1) is 0 Å². The Bertz CT molecular complexity index is 1110. The molecule has 4 heteroatoms. The van der Waals surface area contributed by atoms with E-state index < -0.39 is 0 Å². The lowest BCUT2D eigenvalue weighted by molar-refractivity contribution is 0.618. The number of aliphatic imine (C=N–C) groups is 1. The van der Waals surface area contributed by atoms with Gasteiger partial charge >= 0.3 is 0 Å². The molecular formula is C34H46Cl2FN. The van der Waals surface area contributed by atoms with Crippen LogP contribution in [0.5, 0.6) is 0 Å². The number of nitrogens with zero attached hydrogens (tertiary/aromatic N) is 1. The van der Waals surface area contributed by atoms with Crippen molar-refractivity contribution in [1.82, 2.24) is 0 Å². The standard InChI is InChI=1S/C25H32ClF.C9H14ClN/c1-6-8-10-22(19(5)18(4)20-13-11-17(3)12-14-20)24-21(9-7-2)15-16-23(26)25(24)27;1-4-5-9(3)11-7-6-8(2)10/h11-16,18H,6-10H2,1-5H3;6-7H,2,4-5H2,1,3H3/b22-19+;7-6-,11-9?. The van der Waals surface area contributed by atoms with E-state index in [9.17, 15) is 0 Å². The van der Waals surface area contributed by atoms with Crippen LogP contribution in [0.25, 0.3) is 5.57 Å². The Labute approximate surface area is 241 Å². The van der Waals surface area contributed by atoms with Crippen molar-refractivity contribution in [3.05, 3.63) is 99.0 Å². The van der Waals surface area contributed by atoms with Gasteiger partial charge in [0.1, 0.15) is 5.82 Å². The highest BCUT2D eigenvalue weighted by Gasteiger charge is 2.20. The van der Waals surface area contributed by atoms with E-state index >= 15 is 4.39 Å². The van der Waals surface area contributed by atoms with Crippen molar-refractivity contribution in [1.29, 1.82) is 0 Å².